The molecular formula is C15H13ClN2S. The Morgan fingerprint density at radius 2 is 2.05 bits per heavy atom. The molecule has 0 amide bonds. The molecular weight excluding hydrogens is 276 g/mol. The van der Waals surface area contributed by atoms with E-state index in [9.17, 15) is 5.26 Å². The zero-order valence-electron chi connectivity index (χ0n) is 10.7. The minimum Gasteiger partial charge on any atom is -0.354 e. The van der Waals surface area contributed by atoms with Crippen molar-refractivity contribution in [2.45, 2.75) is 11.8 Å². The molecule has 0 fully saturated rings. The lowest BCUT2D eigenvalue weighted by Gasteiger charge is -2.11. The van der Waals surface area contributed by atoms with Crippen LogP contribution in [0.3, 0.4) is 0 Å². The van der Waals surface area contributed by atoms with Gasteiger partial charge in [-0.1, -0.05) is 23.7 Å². The Morgan fingerprint density at radius 3 is 2.68 bits per heavy atom. The summed E-state index contributed by atoms with van der Waals surface area (Å²) in [5.74, 6) is 0. The van der Waals surface area contributed by atoms with E-state index in [-0.39, 0.29) is 0 Å². The lowest BCUT2D eigenvalue weighted by molar-refractivity contribution is 1.35. The molecule has 0 atom stereocenters. The zero-order valence-corrected chi connectivity index (χ0v) is 12.3. The molecule has 2 aromatic carbocycles. The van der Waals surface area contributed by atoms with Gasteiger partial charge in [0, 0.05) is 15.6 Å². The van der Waals surface area contributed by atoms with Crippen LogP contribution in [0, 0.1) is 18.3 Å². The molecule has 0 aliphatic carbocycles. The number of hydrogen-bond acceptors (Lipinski definition) is 3. The summed E-state index contributed by atoms with van der Waals surface area (Å²) >= 11 is 7.66. The maximum absolute atomic E-state index is 9.28. The number of nitrogens with zero attached hydrogens (tertiary/aromatic N) is 1. The van der Waals surface area contributed by atoms with Crippen molar-refractivity contribution in [2.24, 2.45) is 0 Å². The third-order valence-electron chi connectivity index (χ3n) is 2.81. The van der Waals surface area contributed by atoms with E-state index in [0.29, 0.717) is 10.6 Å². The molecule has 2 aromatic rings. The minimum atomic E-state index is 0.659. The number of thioether (sulfide) groups is 1. The highest BCUT2D eigenvalue weighted by molar-refractivity contribution is 7.98. The summed E-state index contributed by atoms with van der Waals surface area (Å²) < 4.78 is 0. The Labute approximate surface area is 122 Å². The van der Waals surface area contributed by atoms with Crippen LogP contribution in [0.25, 0.3) is 0 Å². The largest absolute Gasteiger partial charge is 0.354 e. The predicted octanol–water partition coefficient (Wildman–Crippen LogP) is 4.99. The summed E-state index contributed by atoms with van der Waals surface area (Å²) in [6.45, 7) is 1.96. The molecule has 0 aliphatic rings. The van der Waals surface area contributed by atoms with Crippen molar-refractivity contribution >= 4 is 34.7 Å². The Kier molecular flexibility index (Phi) is 4.36. The first kappa shape index (κ1) is 13.8. The van der Waals surface area contributed by atoms with Crippen molar-refractivity contribution in [3.63, 3.8) is 0 Å². The van der Waals surface area contributed by atoms with Crippen LogP contribution in [-0.2, 0) is 0 Å². The van der Waals surface area contributed by atoms with Crippen molar-refractivity contribution in [3.8, 4) is 6.07 Å². The summed E-state index contributed by atoms with van der Waals surface area (Å²) in [6, 6.07) is 13.8. The number of nitriles is 1. The summed E-state index contributed by atoms with van der Waals surface area (Å²) in [6.07, 6.45) is 1.96. The Balaban J connectivity index is 2.38. The van der Waals surface area contributed by atoms with E-state index in [1.54, 1.807) is 11.8 Å². The Morgan fingerprint density at radius 1 is 1.26 bits per heavy atom. The van der Waals surface area contributed by atoms with Gasteiger partial charge in [-0.2, -0.15) is 5.26 Å². The molecule has 0 unspecified atom stereocenters. The standard InChI is InChI=1S/C15H13ClN2S/c1-10-6-7-11(8-13(10)16)18-14-4-3-5-15(19-2)12(14)9-17/h3-8,18H,1-2H3. The molecule has 0 aromatic heterocycles. The van der Waals surface area contributed by atoms with E-state index < -0.39 is 0 Å². The number of anilines is 2. The number of hydrogen-bond donors (Lipinski definition) is 1. The molecule has 0 saturated heterocycles. The molecule has 4 heteroatoms. The van der Waals surface area contributed by atoms with Crippen LogP contribution < -0.4 is 5.32 Å². The second-order valence-corrected chi connectivity index (χ2v) is 5.34. The number of nitrogens with one attached hydrogen (secondary N) is 1. The minimum absolute atomic E-state index is 0.659. The number of rotatable bonds is 3. The molecule has 19 heavy (non-hydrogen) atoms. The van der Waals surface area contributed by atoms with Crippen LogP contribution in [0.4, 0.5) is 11.4 Å². The van der Waals surface area contributed by atoms with Gasteiger partial charge in [-0.15, -0.1) is 11.8 Å². The molecule has 0 spiro atoms. The summed E-state index contributed by atoms with van der Waals surface area (Å²) in [4.78, 5) is 0.964. The van der Waals surface area contributed by atoms with Crippen molar-refractivity contribution < 1.29 is 0 Å². The lowest BCUT2D eigenvalue weighted by atomic mass is 10.1. The molecule has 0 bridgehead atoms. The Hall–Kier alpha value is -1.63. The third-order valence-corrected chi connectivity index (χ3v) is 4.00. The van der Waals surface area contributed by atoms with Crippen LogP contribution in [0.2, 0.25) is 5.02 Å². The second-order valence-electron chi connectivity index (χ2n) is 4.08. The van der Waals surface area contributed by atoms with Gasteiger partial charge in [0.15, 0.2) is 0 Å². The fourth-order valence-electron chi connectivity index (χ4n) is 1.75. The van der Waals surface area contributed by atoms with Crippen LogP contribution in [-0.4, -0.2) is 6.26 Å². The Bertz CT molecular complexity index is 647. The van der Waals surface area contributed by atoms with Gasteiger partial charge < -0.3 is 5.32 Å². The van der Waals surface area contributed by atoms with Crippen LogP contribution in [0.5, 0.6) is 0 Å². The van der Waals surface area contributed by atoms with Crippen LogP contribution >= 0.6 is 23.4 Å². The topological polar surface area (TPSA) is 35.8 Å². The summed E-state index contributed by atoms with van der Waals surface area (Å²) in [5, 5.41) is 13.2. The van der Waals surface area contributed by atoms with Gasteiger partial charge in [0.25, 0.3) is 0 Å². The first-order chi connectivity index (χ1) is 9.15. The predicted molar refractivity (Wildman–Crippen MR) is 82.4 cm³/mol. The van der Waals surface area contributed by atoms with Gasteiger partial charge in [0.1, 0.15) is 6.07 Å². The molecule has 96 valence electrons. The molecule has 0 heterocycles. The number of halogens is 1. The molecule has 2 rings (SSSR count). The highest BCUT2D eigenvalue weighted by Gasteiger charge is 2.07. The molecule has 1 N–H and O–H groups in total. The first-order valence-electron chi connectivity index (χ1n) is 5.76. The van der Waals surface area contributed by atoms with Gasteiger partial charge in [-0.3, -0.25) is 0 Å². The highest BCUT2D eigenvalue weighted by atomic mass is 35.5. The maximum Gasteiger partial charge on any atom is 0.103 e. The van der Waals surface area contributed by atoms with Crippen molar-refractivity contribution in [1.82, 2.24) is 0 Å². The molecule has 2 nitrogen and oxygen atoms in total. The normalized spacial score (nSPS) is 10.0. The monoisotopic (exact) mass is 288 g/mol. The summed E-state index contributed by atoms with van der Waals surface area (Å²) in [7, 11) is 0. The van der Waals surface area contributed by atoms with E-state index in [2.05, 4.69) is 11.4 Å². The van der Waals surface area contributed by atoms with Gasteiger partial charge in [-0.05, 0) is 43.0 Å². The van der Waals surface area contributed by atoms with Crippen molar-refractivity contribution in [1.29, 1.82) is 5.26 Å². The van der Waals surface area contributed by atoms with Crippen LogP contribution in [0.15, 0.2) is 41.3 Å². The molecule has 0 aliphatic heterocycles. The third kappa shape index (κ3) is 3.04. The van der Waals surface area contributed by atoms with Gasteiger partial charge >= 0.3 is 0 Å². The molecule has 0 radical (unpaired) electrons. The second kappa shape index (κ2) is 6.01. The van der Waals surface area contributed by atoms with Gasteiger partial charge in [0.05, 0.1) is 11.3 Å². The molecule has 0 saturated carbocycles. The first-order valence-corrected chi connectivity index (χ1v) is 7.36. The lowest BCUT2D eigenvalue weighted by Crippen LogP contribution is -1.95. The maximum atomic E-state index is 9.28. The smallest absolute Gasteiger partial charge is 0.103 e. The average Bonchev–Trinajstić information content (AvgIpc) is 2.42. The number of aryl methyl sites for hydroxylation is 1. The van der Waals surface area contributed by atoms with E-state index in [0.717, 1.165) is 21.8 Å². The van der Waals surface area contributed by atoms with E-state index in [1.807, 2.05) is 49.6 Å². The fourth-order valence-corrected chi connectivity index (χ4v) is 2.50. The quantitative estimate of drug-likeness (QED) is 0.809. The fraction of sp³-hybridized carbons (Fsp3) is 0.133. The average molecular weight is 289 g/mol. The number of benzene rings is 2. The zero-order chi connectivity index (χ0) is 13.8. The van der Waals surface area contributed by atoms with E-state index >= 15 is 0 Å². The van der Waals surface area contributed by atoms with Crippen molar-refractivity contribution in [2.75, 3.05) is 11.6 Å². The van der Waals surface area contributed by atoms with E-state index in [4.69, 9.17) is 11.6 Å². The van der Waals surface area contributed by atoms with E-state index in [1.165, 1.54) is 0 Å². The summed E-state index contributed by atoms with van der Waals surface area (Å²) in [5.41, 5.74) is 3.37. The van der Waals surface area contributed by atoms with Gasteiger partial charge in [0.2, 0.25) is 0 Å². The van der Waals surface area contributed by atoms with Gasteiger partial charge in [-0.25, -0.2) is 0 Å². The highest BCUT2D eigenvalue weighted by Crippen LogP contribution is 2.29. The van der Waals surface area contributed by atoms with Crippen LogP contribution in [0.1, 0.15) is 11.1 Å². The SMILES string of the molecule is CSc1cccc(Nc2ccc(C)c(Cl)c2)c1C#N. The van der Waals surface area contributed by atoms with Crippen molar-refractivity contribution in [3.05, 3.63) is 52.5 Å².